The summed E-state index contributed by atoms with van der Waals surface area (Å²) in [5, 5.41) is 10.9. The Kier molecular flexibility index (Phi) is 11.5. The van der Waals surface area contributed by atoms with Crippen molar-refractivity contribution in [1.82, 2.24) is 4.90 Å². The number of carbonyl (C=O) groups excluding carboxylic acids is 2. The molecule has 7 aromatic rings. The minimum atomic E-state index is -1.07. The molecule has 0 bridgehead atoms. The van der Waals surface area contributed by atoms with Crippen LogP contribution in [0.4, 0.5) is 8.78 Å². The third-order valence-corrected chi connectivity index (χ3v) is 14.5. The van der Waals surface area contributed by atoms with E-state index in [0.717, 1.165) is 55.6 Å². The Bertz CT molecular complexity index is 3000. The van der Waals surface area contributed by atoms with Crippen molar-refractivity contribution in [3.63, 3.8) is 0 Å². The van der Waals surface area contributed by atoms with E-state index < -0.39 is 35.4 Å². The van der Waals surface area contributed by atoms with E-state index >= 15 is 0 Å². The van der Waals surface area contributed by atoms with Gasteiger partial charge in [0.05, 0.1) is 18.6 Å². The molecule has 0 spiro atoms. The second-order valence-corrected chi connectivity index (χ2v) is 18.6. The van der Waals surface area contributed by atoms with Gasteiger partial charge in [-0.2, -0.15) is 0 Å². The summed E-state index contributed by atoms with van der Waals surface area (Å²) in [6, 6.07) is 43.1. The summed E-state index contributed by atoms with van der Waals surface area (Å²) < 4.78 is 39.7. The number of ether oxygens (including phenoxy) is 2. The first-order valence-corrected chi connectivity index (χ1v) is 24.0. The maximum absolute atomic E-state index is 14.1. The summed E-state index contributed by atoms with van der Waals surface area (Å²) in [5.74, 6) is -3.23. The third kappa shape index (κ3) is 7.76. The second-order valence-electron chi connectivity index (χ2n) is 18.6. The van der Waals surface area contributed by atoms with E-state index in [4.69, 9.17) is 9.47 Å². The molecule has 1 heterocycles. The van der Waals surface area contributed by atoms with Gasteiger partial charge in [0.15, 0.2) is 17.4 Å². The molecular weight excluding hydrogens is 825 g/mol. The first-order chi connectivity index (χ1) is 32.4. The molecule has 2 atom stereocenters. The first-order valence-electron chi connectivity index (χ1n) is 24.0. The summed E-state index contributed by atoms with van der Waals surface area (Å²) in [6.45, 7) is 0.613. The molecule has 332 valence electrons. The van der Waals surface area contributed by atoms with Gasteiger partial charge in [0.2, 0.25) is 0 Å². The Balaban J connectivity index is 0.654. The fraction of sp³-hybridized carbons (Fsp3) is 0.288. The molecule has 7 heteroatoms. The summed E-state index contributed by atoms with van der Waals surface area (Å²) in [7, 11) is 0. The molecule has 0 radical (unpaired) electrons. The van der Waals surface area contributed by atoms with Crippen LogP contribution in [0.1, 0.15) is 93.2 Å². The molecule has 0 saturated heterocycles. The van der Waals surface area contributed by atoms with Crippen molar-refractivity contribution in [2.24, 2.45) is 5.92 Å². The van der Waals surface area contributed by atoms with Crippen molar-refractivity contribution >= 4 is 54.8 Å². The molecule has 11 rings (SSSR count). The molecule has 1 aliphatic heterocycles. The van der Waals surface area contributed by atoms with Crippen molar-refractivity contribution in [3.05, 3.63) is 174 Å². The number of unbranched alkanes of at least 4 members (excludes halogenated alkanes) is 7. The molecule has 0 aromatic heterocycles. The van der Waals surface area contributed by atoms with E-state index in [-0.39, 0.29) is 18.2 Å². The number of ketones is 1. The predicted molar refractivity (Wildman–Crippen MR) is 261 cm³/mol. The van der Waals surface area contributed by atoms with E-state index in [0.29, 0.717) is 12.5 Å². The number of benzene rings is 7. The molecule has 4 aliphatic rings. The number of nitrogens with zero attached hydrogens (tertiary/aromatic N) is 1. The molecule has 3 aliphatic carbocycles. The van der Waals surface area contributed by atoms with Gasteiger partial charge in [0.1, 0.15) is 17.9 Å². The standard InChI is InChI=1S/C59H53F2NO4/c60-51-33-49-53(34-52(51)61)62(38-28-29-38)35-50(58(49)63)59(64)66-36-37-26-30-39(31-27-37)65-32-16-6-4-2-1-3-5-7-25-48-54-44-21-12-8-17-40(44)42-19-10-14-23-46(42)56(54)57-47-24-15-11-20-43(47)41-18-9-13-22-45(41)55(48)57/h8-15,17-24,26-27,30-31,33-35,38,48-49,53H,1-7,16,25,28-29,32,36H2. The van der Waals surface area contributed by atoms with Crippen LogP contribution in [-0.4, -0.2) is 35.3 Å². The zero-order valence-electron chi connectivity index (χ0n) is 37.1. The highest BCUT2D eigenvalue weighted by atomic mass is 19.2. The van der Waals surface area contributed by atoms with E-state index in [9.17, 15) is 18.4 Å². The van der Waals surface area contributed by atoms with Crippen molar-refractivity contribution in [3.8, 4) is 16.9 Å². The lowest BCUT2D eigenvalue weighted by Gasteiger charge is -2.38. The van der Waals surface area contributed by atoms with Gasteiger partial charge in [-0.1, -0.05) is 154 Å². The Hall–Kier alpha value is -6.60. The van der Waals surface area contributed by atoms with Crippen LogP contribution in [0.2, 0.25) is 0 Å². The van der Waals surface area contributed by atoms with Gasteiger partial charge in [-0.05, 0) is 121 Å². The van der Waals surface area contributed by atoms with Gasteiger partial charge in [0.25, 0.3) is 0 Å². The van der Waals surface area contributed by atoms with Crippen LogP contribution in [0.25, 0.3) is 54.2 Å². The number of hydrogen-bond acceptors (Lipinski definition) is 5. The van der Waals surface area contributed by atoms with E-state index in [1.165, 1.54) is 110 Å². The number of rotatable bonds is 16. The largest absolute Gasteiger partial charge is 0.494 e. The number of esters is 1. The highest BCUT2D eigenvalue weighted by Gasteiger charge is 2.46. The lowest BCUT2D eigenvalue weighted by atomic mass is 9.83. The summed E-state index contributed by atoms with van der Waals surface area (Å²) in [6.07, 6.45) is 15.9. The molecule has 66 heavy (non-hydrogen) atoms. The number of fused-ring (bicyclic) bond motifs is 14. The van der Waals surface area contributed by atoms with Crippen LogP contribution < -0.4 is 4.74 Å². The van der Waals surface area contributed by atoms with Crippen LogP contribution in [0, 0.1) is 5.92 Å². The number of hydrogen-bond donors (Lipinski definition) is 0. The molecule has 0 N–H and O–H groups in total. The van der Waals surface area contributed by atoms with Gasteiger partial charge >= 0.3 is 5.97 Å². The van der Waals surface area contributed by atoms with Crippen molar-refractivity contribution < 1.29 is 27.8 Å². The normalized spacial score (nSPS) is 18.0. The van der Waals surface area contributed by atoms with Crippen LogP contribution in [0.3, 0.4) is 0 Å². The summed E-state index contributed by atoms with van der Waals surface area (Å²) >= 11 is 0. The number of allylic oxidation sites excluding steroid dienone is 2. The number of halogens is 2. The monoisotopic (exact) mass is 877 g/mol. The second kappa shape index (κ2) is 18.0. The predicted octanol–water partition coefficient (Wildman–Crippen LogP) is 14.7. The quantitative estimate of drug-likeness (QED) is 0.0419. The van der Waals surface area contributed by atoms with Gasteiger partial charge in [0, 0.05) is 18.2 Å². The SMILES string of the molecule is O=C(OCc1ccc(OCCCCCCCCCCC2c3c(c4ccccc4c4ccccc34)-c3c2c2ccccc2c2ccccc32)cc1)C1=CN(C2CC2)C2C=C(F)C(F)=CC2C1=O. The van der Waals surface area contributed by atoms with Gasteiger partial charge in [-0.3, -0.25) is 4.79 Å². The zero-order valence-corrected chi connectivity index (χ0v) is 37.1. The summed E-state index contributed by atoms with van der Waals surface area (Å²) in [5.41, 5.74) is 6.53. The van der Waals surface area contributed by atoms with Gasteiger partial charge < -0.3 is 14.4 Å². The van der Waals surface area contributed by atoms with Crippen LogP contribution in [0.5, 0.6) is 5.75 Å². The highest BCUT2D eigenvalue weighted by molar-refractivity contribution is 6.25. The zero-order chi connectivity index (χ0) is 44.7. The van der Waals surface area contributed by atoms with Gasteiger partial charge in [-0.25, -0.2) is 13.6 Å². The van der Waals surface area contributed by atoms with E-state index in [2.05, 4.69) is 97.1 Å². The van der Waals surface area contributed by atoms with Gasteiger partial charge in [-0.15, -0.1) is 0 Å². The fourth-order valence-electron chi connectivity index (χ4n) is 11.2. The van der Waals surface area contributed by atoms with Crippen LogP contribution in [0.15, 0.2) is 157 Å². The fourth-order valence-corrected chi connectivity index (χ4v) is 11.2. The Labute approximate surface area is 384 Å². The first kappa shape index (κ1) is 42.1. The molecule has 1 saturated carbocycles. The molecule has 0 amide bonds. The lowest BCUT2D eigenvalue weighted by molar-refractivity contribution is -0.142. The molecule has 5 nitrogen and oxygen atoms in total. The Morgan fingerprint density at radius 2 is 1.06 bits per heavy atom. The molecule has 1 fully saturated rings. The van der Waals surface area contributed by atoms with Crippen molar-refractivity contribution in [2.45, 2.75) is 95.2 Å². The van der Waals surface area contributed by atoms with E-state index in [1.807, 2.05) is 24.3 Å². The lowest BCUT2D eigenvalue weighted by Crippen LogP contribution is -2.47. The van der Waals surface area contributed by atoms with E-state index in [1.54, 1.807) is 4.90 Å². The Morgan fingerprint density at radius 1 is 0.576 bits per heavy atom. The average Bonchev–Trinajstić information content (AvgIpc) is 4.14. The smallest absolute Gasteiger partial charge is 0.343 e. The Morgan fingerprint density at radius 3 is 1.62 bits per heavy atom. The van der Waals surface area contributed by atoms with Crippen LogP contribution in [-0.2, 0) is 20.9 Å². The minimum Gasteiger partial charge on any atom is -0.494 e. The minimum absolute atomic E-state index is 0.0221. The maximum Gasteiger partial charge on any atom is 0.343 e. The highest BCUT2D eigenvalue weighted by Crippen LogP contribution is 2.57. The van der Waals surface area contributed by atoms with Crippen LogP contribution >= 0.6 is 0 Å². The topological polar surface area (TPSA) is 55.8 Å². The number of Topliss-reactive ketones (excluding diaryl/α,β-unsaturated/α-hetero) is 1. The summed E-state index contributed by atoms with van der Waals surface area (Å²) in [4.78, 5) is 28.1. The average molecular weight is 878 g/mol. The number of carbonyl (C=O) groups is 2. The molecule has 7 aromatic carbocycles. The molecule has 2 unspecified atom stereocenters. The van der Waals surface area contributed by atoms with Crippen molar-refractivity contribution in [2.75, 3.05) is 6.61 Å². The molecular formula is C59H53F2NO4. The maximum atomic E-state index is 14.1. The third-order valence-electron chi connectivity index (χ3n) is 14.5. The van der Waals surface area contributed by atoms with Crippen molar-refractivity contribution in [1.29, 1.82) is 0 Å².